The zero-order chi connectivity index (χ0) is 56.0. The van der Waals surface area contributed by atoms with Gasteiger partial charge in [0.25, 0.3) is 0 Å². The van der Waals surface area contributed by atoms with Crippen LogP contribution in [0.2, 0.25) is 0 Å². The van der Waals surface area contributed by atoms with E-state index in [9.17, 15) is 0 Å². The predicted octanol–water partition coefficient (Wildman–Crippen LogP) is 2.99. The number of morpholine rings is 2. The molecule has 6 heterocycles. The molecule has 0 saturated carbocycles. The van der Waals surface area contributed by atoms with Crippen molar-refractivity contribution in [1.82, 2.24) is 49.3 Å². The van der Waals surface area contributed by atoms with Gasteiger partial charge in [-0.15, -0.1) is 5.11 Å². The molecule has 4 fully saturated rings. The summed E-state index contributed by atoms with van der Waals surface area (Å²) in [5, 5.41) is 23.2. The number of piperazine rings is 2. The number of hydrogen-bond donors (Lipinski definition) is 5. The Hall–Kier alpha value is -4.26. The van der Waals surface area contributed by atoms with Gasteiger partial charge in [-0.2, -0.15) is 21.9 Å². The average Bonchev–Trinajstić information content (AvgIpc) is 3.53. The molecule has 418 valence electrons. The van der Waals surface area contributed by atoms with Crippen molar-refractivity contribution in [2.45, 2.75) is 0 Å². The van der Waals surface area contributed by atoms with Crippen LogP contribution in [0.5, 0.6) is 0 Å². The first-order valence-corrected chi connectivity index (χ1v) is 38.0. The Bertz CT molecular complexity index is 2800. The number of aromatic nitrogens is 4. The number of rotatable bonds is 20. The number of anilines is 5. The van der Waals surface area contributed by atoms with Crippen molar-refractivity contribution in [2.75, 3.05) is 198 Å². The molecule has 4 saturated heterocycles. The van der Waals surface area contributed by atoms with Crippen molar-refractivity contribution in [3.8, 4) is 22.8 Å². The van der Waals surface area contributed by atoms with Gasteiger partial charge in [-0.05, 0) is 26.2 Å². The van der Waals surface area contributed by atoms with Crippen molar-refractivity contribution >= 4 is 102 Å². The minimum atomic E-state index is -2.95. The van der Waals surface area contributed by atoms with Gasteiger partial charge < -0.3 is 46.3 Å². The number of hydrogen-bond acceptors (Lipinski definition) is 23. The molecule has 2 aromatic heterocycles. The SMILES string of the molecule is CN1CCN(CCNc2nc(-c3ccccc3)nc(NCCN3CCOCC3)c2N)CC1.CN1CCN(CCNc2nc(-c3ccccc3)nc(NCCN3CCOCC3)c2N=Nc2ccccc2)CC1.O=S(=O)=S(=O)=O.[Na][Na]. The molecule has 4 aliphatic heterocycles. The quantitative estimate of drug-likeness (QED) is 0.0555. The van der Waals surface area contributed by atoms with Gasteiger partial charge >= 0.3 is 62.1 Å². The summed E-state index contributed by atoms with van der Waals surface area (Å²) in [5.74, 6) is 4.09. The first-order valence-electron chi connectivity index (χ1n) is 27.3. The first kappa shape index (κ1) is 63.9. The number of nitrogens with one attached hydrogen (secondary N) is 4. The van der Waals surface area contributed by atoms with Crippen LogP contribution in [-0.4, -0.2) is 281 Å². The van der Waals surface area contributed by atoms with E-state index in [1.54, 1.807) is 0 Å². The van der Waals surface area contributed by atoms with Crippen LogP contribution in [0.25, 0.3) is 22.8 Å². The number of azo groups is 1. The fourth-order valence-electron chi connectivity index (χ4n) is 8.69. The van der Waals surface area contributed by atoms with E-state index in [-0.39, 0.29) is 0 Å². The third-order valence-electron chi connectivity index (χ3n) is 13.3. The van der Waals surface area contributed by atoms with Crippen LogP contribution in [-0.2, 0) is 28.0 Å². The van der Waals surface area contributed by atoms with Gasteiger partial charge in [0.15, 0.2) is 40.6 Å². The molecule has 0 bridgehead atoms. The van der Waals surface area contributed by atoms with Crippen molar-refractivity contribution in [3.05, 3.63) is 91.0 Å². The summed E-state index contributed by atoms with van der Waals surface area (Å²) in [4.78, 5) is 33.9. The van der Waals surface area contributed by atoms with Crippen LogP contribution < -0.4 is 27.0 Å². The zero-order valence-electron chi connectivity index (χ0n) is 46.3. The summed E-state index contributed by atoms with van der Waals surface area (Å²) in [6.45, 7) is 22.6. The van der Waals surface area contributed by atoms with Gasteiger partial charge in [0.2, 0.25) is 0 Å². The van der Waals surface area contributed by atoms with E-state index < -0.39 is 18.5 Å². The molecule has 0 spiro atoms. The van der Waals surface area contributed by atoms with Crippen molar-refractivity contribution in [1.29, 1.82) is 0 Å². The summed E-state index contributed by atoms with van der Waals surface area (Å²) in [5.41, 5.74) is 10.4. The molecule has 0 amide bonds. The number of nitrogens with two attached hydrogens (primary N) is 1. The molecule has 23 nitrogen and oxygen atoms in total. The molecule has 79 heavy (non-hydrogen) atoms. The van der Waals surface area contributed by atoms with E-state index in [1.807, 2.05) is 91.0 Å². The fraction of sp³-hybridized carbons (Fsp3) is 0.500. The van der Waals surface area contributed by atoms with E-state index in [1.165, 1.54) is 43.6 Å². The number of ether oxygens (including phenoxy) is 2. The number of likely N-dealkylation sites (N-methyl/N-ethyl adjacent to an activating group) is 2. The Morgan fingerprint density at radius 2 is 0.785 bits per heavy atom. The molecule has 0 radical (unpaired) electrons. The van der Waals surface area contributed by atoms with E-state index in [4.69, 9.17) is 52.0 Å². The van der Waals surface area contributed by atoms with Crippen LogP contribution in [0.3, 0.4) is 0 Å². The standard InChI is InChI=1S/C29H39N9O.C23H36N8O.2Na.O4S2/c1-36-16-18-37(19-17-36)14-12-30-28-26(35-34-25-10-6-3-7-11-25)29(31-13-15-38-20-22-39-23-21-38)33-27(32-28)24-8-4-2-5-9-24;1-29-11-13-30(14-12-29)9-7-25-22-20(24)23(26-8-10-31-15-17-32-18-16-31)28-21(27-22)19-5-3-2-4-6-19;;;1-5(2)6(3)4/h2-11H,12-23H2,1H3,(H2,30,31,32,33);2-6H,7-18,24H2,1H3,(H2,25,26,27,28);;;. The third kappa shape index (κ3) is 22.9. The van der Waals surface area contributed by atoms with Crippen LogP contribution in [0.15, 0.2) is 101 Å². The summed E-state index contributed by atoms with van der Waals surface area (Å²) in [6.07, 6.45) is 0. The van der Waals surface area contributed by atoms with Crippen LogP contribution in [0.1, 0.15) is 0 Å². The van der Waals surface area contributed by atoms with Gasteiger partial charge in [0.05, 0.1) is 32.1 Å². The maximum atomic E-state index is 9.09. The Balaban J connectivity index is 0.000000228. The second-order valence-corrected chi connectivity index (χ2v) is 21.3. The van der Waals surface area contributed by atoms with Gasteiger partial charge in [-0.1, -0.05) is 78.9 Å². The van der Waals surface area contributed by atoms with E-state index >= 15 is 0 Å². The molecule has 0 unspecified atom stereocenters. The monoisotopic (exact) mass is 1140 g/mol. The molecule has 4 aliphatic rings. The summed E-state index contributed by atoms with van der Waals surface area (Å²) in [6, 6.07) is 29.9. The minimum absolute atomic E-state index is 0.574. The van der Waals surface area contributed by atoms with Crippen LogP contribution in [0, 0.1) is 0 Å². The molecule has 9 rings (SSSR count). The second kappa shape index (κ2) is 36.3. The van der Waals surface area contributed by atoms with Crippen LogP contribution in [0.4, 0.5) is 40.3 Å². The fourth-order valence-corrected chi connectivity index (χ4v) is 8.69. The molecule has 0 atom stereocenters. The van der Waals surface area contributed by atoms with Crippen molar-refractivity contribution in [2.24, 2.45) is 10.2 Å². The molecular weight excluding hydrogens is 1070 g/mol. The Labute approximate surface area is 496 Å². The first-order chi connectivity index (χ1) is 38.6. The maximum absolute atomic E-state index is 9.09. The summed E-state index contributed by atoms with van der Waals surface area (Å²) < 4.78 is 47.3. The Morgan fingerprint density at radius 1 is 0.468 bits per heavy atom. The van der Waals surface area contributed by atoms with Crippen molar-refractivity contribution in [3.63, 3.8) is 0 Å². The van der Waals surface area contributed by atoms with Gasteiger partial charge in [0.1, 0.15) is 5.69 Å². The second-order valence-electron chi connectivity index (χ2n) is 18.8. The zero-order valence-corrected chi connectivity index (χ0v) is 52.0. The normalized spacial score (nSPS) is 16.8. The number of benzene rings is 3. The van der Waals surface area contributed by atoms with Crippen molar-refractivity contribution < 1.29 is 26.3 Å². The topological polar surface area (TPSA) is 257 Å². The van der Waals surface area contributed by atoms with Gasteiger partial charge in [-0.3, -0.25) is 19.6 Å². The molecular formula is C52H75N17Na2O6S2. The van der Waals surface area contributed by atoms with E-state index in [0.29, 0.717) is 46.3 Å². The molecule has 0 aliphatic carbocycles. The van der Waals surface area contributed by atoms with Gasteiger partial charge in [-0.25, -0.2) is 19.9 Å². The molecule has 5 aromatic rings. The van der Waals surface area contributed by atoms with E-state index in [0.717, 1.165) is 174 Å². The molecule has 6 N–H and O–H groups in total. The average molecular weight is 1140 g/mol. The summed E-state index contributed by atoms with van der Waals surface area (Å²) in [7, 11) is -1.55. The molecule has 3 aromatic carbocycles. The third-order valence-corrected chi connectivity index (χ3v) is 14.2. The Morgan fingerprint density at radius 3 is 1.14 bits per heavy atom. The Kier molecular flexibility index (Phi) is 29.3. The number of nitrogen functional groups attached to an aromatic ring is 1. The van der Waals surface area contributed by atoms with Crippen LogP contribution >= 0.6 is 0 Å². The van der Waals surface area contributed by atoms with Gasteiger partial charge in [0, 0.05) is 142 Å². The summed E-state index contributed by atoms with van der Waals surface area (Å²) >= 11 is 2.89. The molecule has 27 heteroatoms. The number of nitrogens with zero attached hydrogens (tertiary/aromatic N) is 12. The predicted molar refractivity (Wildman–Crippen MR) is 316 cm³/mol. The van der Waals surface area contributed by atoms with E-state index in [2.05, 4.69) is 75.0 Å².